The number of carbonyl (C=O) groups excluding carboxylic acids is 2. The molecule has 156 valence electrons. The summed E-state index contributed by atoms with van der Waals surface area (Å²) >= 11 is 0. The van der Waals surface area contributed by atoms with E-state index in [1.807, 2.05) is 25.6 Å². The van der Waals surface area contributed by atoms with Crippen LogP contribution >= 0.6 is 0 Å². The third-order valence-corrected chi connectivity index (χ3v) is 5.33. The minimum absolute atomic E-state index is 0.160. The largest absolute Gasteiger partial charge is 0.424 e. The van der Waals surface area contributed by atoms with Gasteiger partial charge in [0.1, 0.15) is 6.61 Å². The van der Waals surface area contributed by atoms with Gasteiger partial charge in [-0.25, -0.2) is 0 Å². The summed E-state index contributed by atoms with van der Waals surface area (Å²) in [6.07, 6.45) is 4.64. The van der Waals surface area contributed by atoms with Gasteiger partial charge in [0.05, 0.1) is 18.5 Å². The Morgan fingerprint density at radius 3 is 2.00 bits per heavy atom. The van der Waals surface area contributed by atoms with Gasteiger partial charge in [-0.2, -0.15) is 0 Å². The molecule has 2 rings (SSSR count). The third-order valence-electron chi connectivity index (χ3n) is 5.33. The molecule has 0 saturated carbocycles. The maximum atomic E-state index is 12.5. The number of hydrogen-bond acceptors (Lipinski definition) is 7. The van der Waals surface area contributed by atoms with E-state index in [1.165, 1.54) is 0 Å². The third kappa shape index (κ3) is 7.78. The first kappa shape index (κ1) is 23.3. The van der Waals surface area contributed by atoms with Crippen LogP contribution in [0.1, 0.15) is 51.4 Å². The van der Waals surface area contributed by atoms with Gasteiger partial charge < -0.3 is 24.2 Å². The Hall–Kier alpha value is -1.93. The van der Waals surface area contributed by atoms with Crippen molar-refractivity contribution in [1.82, 2.24) is 9.62 Å². The highest BCUT2D eigenvalue weighted by Crippen LogP contribution is 2.20. The zero-order valence-electron chi connectivity index (χ0n) is 17.5. The topological polar surface area (TPSA) is 79.3 Å². The SMILES string of the molecule is BN1CCC[C@H]1C(=O)OC(CCCC#CCC#CCO)OC(=O)[C@@H]1CCCN1B. The molecule has 2 heterocycles. The van der Waals surface area contributed by atoms with Gasteiger partial charge in [0, 0.05) is 12.8 Å². The average molecular weight is 400 g/mol. The zero-order valence-corrected chi connectivity index (χ0v) is 17.5. The molecule has 2 fully saturated rings. The average Bonchev–Trinajstić information content (AvgIpc) is 3.31. The molecule has 0 spiro atoms. The number of aliphatic hydroxyl groups is 1. The predicted octanol–water partition coefficient (Wildman–Crippen LogP) is -1.02. The molecular formula is C20H30B2N2O5. The summed E-state index contributed by atoms with van der Waals surface area (Å²) in [5, 5.41) is 8.59. The Balaban J connectivity index is 1.87. The maximum Gasteiger partial charge on any atom is 0.325 e. The number of nitrogens with zero attached hydrogens (tertiary/aromatic N) is 2. The van der Waals surface area contributed by atoms with Crippen molar-refractivity contribution in [3.8, 4) is 23.7 Å². The molecule has 7 nitrogen and oxygen atoms in total. The normalized spacial score (nSPS) is 21.9. The number of aliphatic hydroxyl groups excluding tert-OH is 1. The number of hydrogen-bond donors (Lipinski definition) is 1. The molecule has 0 aromatic carbocycles. The van der Waals surface area contributed by atoms with Crippen LogP contribution in [0.4, 0.5) is 0 Å². The molecule has 0 amide bonds. The van der Waals surface area contributed by atoms with Gasteiger partial charge in [-0.3, -0.25) is 9.59 Å². The summed E-state index contributed by atoms with van der Waals surface area (Å²) in [5.74, 6) is 10.5. The molecule has 0 aromatic rings. The van der Waals surface area contributed by atoms with Gasteiger partial charge in [0.2, 0.25) is 6.29 Å². The van der Waals surface area contributed by atoms with E-state index in [9.17, 15) is 9.59 Å². The fourth-order valence-electron chi connectivity index (χ4n) is 3.64. The van der Waals surface area contributed by atoms with Crippen LogP contribution in [0, 0.1) is 23.7 Å². The van der Waals surface area contributed by atoms with Crippen molar-refractivity contribution in [2.45, 2.75) is 69.7 Å². The number of esters is 2. The summed E-state index contributed by atoms with van der Waals surface area (Å²) in [7, 11) is 3.81. The lowest BCUT2D eigenvalue weighted by Crippen LogP contribution is -2.41. The second-order valence-electron chi connectivity index (χ2n) is 7.51. The maximum absolute atomic E-state index is 12.5. The molecular weight excluding hydrogens is 370 g/mol. The lowest BCUT2D eigenvalue weighted by molar-refractivity contribution is -0.193. The lowest BCUT2D eigenvalue weighted by atomic mass is 10.1. The number of unbranched alkanes of at least 4 members (excludes halogenated alkanes) is 1. The Morgan fingerprint density at radius 2 is 1.52 bits per heavy atom. The van der Waals surface area contributed by atoms with Crippen molar-refractivity contribution < 1.29 is 24.2 Å². The lowest BCUT2D eigenvalue weighted by Gasteiger charge is -2.25. The standard InChI is InChI=1S/C20H30B2N2O5/c21-23-13-8-10-16(23)19(26)28-18(12-6-4-2-1-3-5-7-15-25)29-20(27)17-11-9-14-24(17)22/h16-18,25H,3-4,6,8-15,21-22H2/t16-,17-/m0/s1. The summed E-state index contributed by atoms with van der Waals surface area (Å²) in [4.78, 5) is 29.0. The molecule has 9 heteroatoms. The van der Waals surface area contributed by atoms with Gasteiger partial charge in [-0.05, 0) is 45.2 Å². The van der Waals surface area contributed by atoms with E-state index in [1.54, 1.807) is 0 Å². The number of ether oxygens (including phenoxy) is 2. The van der Waals surface area contributed by atoms with Crippen molar-refractivity contribution in [2.24, 2.45) is 0 Å². The van der Waals surface area contributed by atoms with Gasteiger partial charge >= 0.3 is 11.9 Å². The van der Waals surface area contributed by atoms with Gasteiger partial charge in [-0.1, -0.05) is 17.8 Å². The number of rotatable bonds is 7. The summed E-state index contributed by atoms with van der Waals surface area (Å²) < 4.78 is 11.2. The van der Waals surface area contributed by atoms with E-state index in [4.69, 9.17) is 14.6 Å². The fourth-order valence-corrected chi connectivity index (χ4v) is 3.64. The number of carbonyl (C=O) groups is 2. The summed E-state index contributed by atoms with van der Waals surface area (Å²) in [5.41, 5.74) is 0. The Morgan fingerprint density at radius 1 is 0.966 bits per heavy atom. The monoisotopic (exact) mass is 400 g/mol. The van der Waals surface area contributed by atoms with E-state index in [2.05, 4.69) is 23.7 Å². The van der Waals surface area contributed by atoms with Crippen molar-refractivity contribution in [3.63, 3.8) is 0 Å². The minimum Gasteiger partial charge on any atom is -0.424 e. The minimum atomic E-state index is -0.881. The van der Waals surface area contributed by atoms with Crippen molar-refractivity contribution in [1.29, 1.82) is 0 Å². The highest BCUT2D eigenvalue weighted by molar-refractivity contribution is 6.07. The van der Waals surface area contributed by atoms with E-state index in [-0.39, 0.29) is 30.6 Å². The van der Waals surface area contributed by atoms with Crippen molar-refractivity contribution in [2.75, 3.05) is 19.7 Å². The Kier molecular flexibility index (Phi) is 10.1. The van der Waals surface area contributed by atoms with Crippen LogP contribution in [0.5, 0.6) is 0 Å². The first-order valence-corrected chi connectivity index (χ1v) is 10.4. The molecule has 0 aliphatic carbocycles. The molecule has 2 aliphatic heterocycles. The van der Waals surface area contributed by atoms with Crippen LogP contribution in [0.3, 0.4) is 0 Å². The highest BCUT2D eigenvalue weighted by atomic mass is 16.7. The van der Waals surface area contributed by atoms with E-state index in [0.29, 0.717) is 25.7 Å². The van der Waals surface area contributed by atoms with Gasteiger partial charge in [0.15, 0.2) is 16.0 Å². The van der Waals surface area contributed by atoms with Gasteiger partial charge in [0.25, 0.3) is 0 Å². The summed E-state index contributed by atoms with van der Waals surface area (Å²) in [6.45, 7) is 1.57. The zero-order chi connectivity index (χ0) is 21.1. The van der Waals surface area contributed by atoms with E-state index in [0.717, 1.165) is 38.8 Å². The molecule has 0 bridgehead atoms. The molecule has 0 aromatic heterocycles. The second kappa shape index (κ2) is 12.6. The van der Waals surface area contributed by atoms with Crippen molar-refractivity contribution >= 4 is 27.9 Å². The molecule has 29 heavy (non-hydrogen) atoms. The van der Waals surface area contributed by atoms with Crippen LogP contribution in [-0.2, 0) is 19.1 Å². The molecule has 2 aliphatic rings. The van der Waals surface area contributed by atoms with Crippen LogP contribution in [0.15, 0.2) is 0 Å². The van der Waals surface area contributed by atoms with Crippen molar-refractivity contribution in [3.05, 3.63) is 0 Å². The van der Waals surface area contributed by atoms with E-state index >= 15 is 0 Å². The van der Waals surface area contributed by atoms with Crippen LogP contribution in [-0.4, -0.2) is 80.7 Å². The molecule has 1 N–H and O–H groups in total. The Labute approximate surface area is 175 Å². The molecule has 0 radical (unpaired) electrons. The first-order valence-electron chi connectivity index (χ1n) is 10.4. The fraction of sp³-hybridized carbons (Fsp3) is 0.700. The van der Waals surface area contributed by atoms with E-state index < -0.39 is 6.29 Å². The predicted molar refractivity (Wildman–Crippen MR) is 114 cm³/mol. The molecule has 0 unspecified atom stereocenters. The smallest absolute Gasteiger partial charge is 0.325 e. The van der Waals surface area contributed by atoms with Crippen LogP contribution in [0.2, 0.25) is 0 Å². The first-order chi connectivity index (χ1) is 14.0. The second-order valence-corrected chi connectivity index (χ2v) is 7.51. The highest BCUT2D eigenvalue weighted by Gasteiger charge is 2.34. The van der Waals surface area contributed by atoms with Crippen LogP contribution in [0.25, 0.3) is 0 Å². The quantitative estimate of drug-likeness (QED) is 0.193. The summed E-state index contributed by atoms with van der Waals surface area (Å²) in [6, 6.07) is -0.537. The van der Waals surface area contributed by atoms with Crippen LogP contribution < -0.4 is 0 Å². The molecule has 2 saturated heterocycles. The Bertz CT molecular complexity index is 648. The molecule has 2 atom stereocenters. The van der Waals surface area contributed by atoms with Gasteiger partial charge in [-0.15, -0.1) is 5.92 Å².